The highest BCUT2D eigenvalue weighted by Crippen LogP contribution is 2.09. The molecule has 0 aliphatic carbocycles. The standard InChI is InChI=1S/C14H12NO2/c1-15-8-6-13(7-9-15)14(17)12-4-2-11(10-16)3-5-12/h2-10H,1H3/q+1. The van der Waals surface area contributed by atoms with Crippen molar-refractivity contribution in [2.24, 2.45) is 7.05 Å². The molecule has 0 fully saturated rings. The zero-order chi connectivity index (χ0) is 12.3. The van der Waals surface area contributed by atoms with Crippen LogP contribution in [0.15, 0.2) is 48.8 Å². The first-order valence-corrected chi connectivity index (χ1v) is 5.26. The van der Waals surface area contributed by atoms with Gasteiger partial charge in [0.05, 0.1) is 0 Å². The van der Waals surface area contributed by atoms with Gasteiger partial charge >= 0.3 is 0 Å². The van der Waals surface area contributed by atoms with Gasteiger partial charge in [0.15, 0.2) is 18.2 Å². The number of nitrogens with zero attached hydrogens (tertiary/aromatic N) is 1. The first-order valence-electron chi connectivity index (χ1n) is 5.26. The van der Waals surface area contributed by atoms with Crippen molar-refractivity contribution in [1.82, 2.24) is 0 Å². The van der Waals surface area contributed by atoms with E-state index in [1.165, 1.54) is 0 Å². The maximum atomic E-state index is 12.1. The zero-order valence-electron chi connectivity index (χ0n) is 9.46. The molecular weight excluding hydrogens is 214 g/mol. The minimum atomic E-state index is -0.0388. The van der Waals surface area contributed by atoms with E-state index < -0.39 is 0 Å². The summed E-state index contributed by atoms with van der Waals surface area (Å²) in [6, 6.07) is 10.2. The third kappa shape index (κ3) is 2.45. The van der Waals surface area contributed by atoms with Crippen molar-refractivity contribution in [3.8, 4) is 0 Å². The Morgan fingerprint density at radius 2 is 1.53 bits per heavy atom. The van der Waals surface area contributed by atoms with Crippen LogP contribution < -0.4 is 4.57 Å². The highest BCUT2D eigenvalue weighted by atomic mass is 16.1. The quantitative estimate of drug-likeness (QED) is 0.452. The number of carbonyl (C=O) groups excluding carboxylic acids is 2. The molecule has 0 bridgehead atoms. The van der Waals surface area contributed by atoms with Gasteiger partial charge in [-0.2, -0.15) is 0 Å². The molecule has 2 rings (SSSR count). The molecule has 1 aromatic heterocycles. The van der Waals surface area contributed by atoms with Gasteiger partial charge in [-0.3, -0.25) is 9.59 Å². The average Bonchev–Trinajstić information content (AvgIpc) is 2.39. The molecule has 0 N–H and O–H groups in total. The Labute approximate surface area is 99.3 Å². The average molecular weight is 226 g/mol. The SMILES string of the molecule is C[n+]1ccc(C(=O)c2ccc(C=O)cc2)cc1. The summed E-state index contributed by atoms with van der Waals surface area (Å²) < 4.78 is 1.87. The van der Waals surface area contributed by atoms with Gasteiger partial charge in [0.2, 0.25) is 0 Å². The lowest BCUT2D eigenvalue weighted by atomic mass is 10.0. The van der Waals surface area contributed by atoms with E-state index in [-0.39, 0.29) is 5.78 Å². The van der Waals surface area contributed by atoms with Crippen LogP contribution >= 0.6 is 0 Å². The van der Waals surface area contributed by atoms with E-state index in [0.717, 1.165) is 6.29 Å². The fourth-order valence-corrected chi connectivity index (χ4v) is 1.53. The number of aromatic nitrogens is 1. The molecule has 17 heavy (non-hydrogen) atoms. The number of ketones is 1. The number of pyridine rings is 1. The summed E-state index contributed by atoms with van der Waals surface area (Å²) in [7, 11) is 1.90. The summed E-state index contributed by atoms with van der Waals surface area (Å²) in [5.74, 6) is -0.0388. The van der Waals surface area contributed by atoms with Crippen LogP contribution in [0.4, 0.5) is 0 Å². The first-order chi connectivity index (χ1) is 8.20. The number of hydrogen-bond acceptors (Lipinski definition) is 2. The number of rotatable bonds is 3. The van der Waals surface area contributed by atoms with Gasteiger partial charge in [-0.1, -0.05) is 24.3 Å². The van der Waals surface area contributed by atoms with Crippen molar-refractivity contribution in [1.29, 1.82) is 0 Å². The summed E-state index contributed by atoms with van der Waals surface area (Å²) in [5.41, 5.74) is 1.80. The van der Waals surface area contributed by atoms with Crippen molar-refractivity contribution in [2.45, 2.75) is 0 Å². The van der Waals surface area contributed by atoms with Crippen molar-refractivity contribution < 1.29 is 14.2 Å². The van der Waals surface area contributed by atoms with Gasteiger partial charge in [0.1, 0.15) is 13.3 Å². The fraction of sp³-hybridized carbons (Fsp3) is 0.0714. The number of aldehydes is 1. The smallest absolute Gasteiger partial charge is 0.193 e. The number of benzene rings is 1. The Bertz CT molecular complexity index is 541. The van der Waals surface area contributed by atoms with Crippen LogP contribution in [0.1, 0.15) is 26.3 Å². The largest absolute Gasteiger partial charge is 0.298 e. The second-order valence-corrected chi connectivity index (χ2v) is 3.82. The van der Waals surface area contributed by atoms with Gasteiger partial charge in [-0.05, 0) is 0 Å². The molecule has 84 valence electrons. The van der Waals surface area contributed by atoms with Crippen LogP contribution in [0.3, 0.4) is 0 Å². The van der Waals surface area contributed by atoms with Gasteiger partial charge in [0, 0.05) is 28.8 Å². The van der Waals surface area contributed by atoms with Crippen LogP contribution in [0.25, 0.3) is 0 Å². The van der Waals surface area contributed by atoms with Crippen molar-refractivity contribution in [3.63, 3.8) is 0 Å². The predicted octanol–water partition coefficient (Wildman–Crippen LogP) is 1.55. The third-order valence-corrected chi connectivity index (χ3v) is 2.55. The van der Waals surface area contributed by atoms with Crippen LogP contribution in [-0.2, 0) is 7.05 Å². The molecule has 3 heteroatoms. The summed E-state index contributed by atoms with van der Waals surface area (Å²) in [4.78, 5) is 22.6. The molecule has 0 amide bonds. The first kappa shape index (κ1) is 11.2. The highest BCUT2D eigenvalue weighted by Gasteiger charge is 2.09. The van der Waals surface area contributed by atoms with E-state index in [0.29, 0.717) is 16.7 Å². The Balaban J connectivity index is 2.30. The summed E-state index contributed by atoms with van der Waals surface area (Å²) in [6.45, 7) is 0. The molecule has 0 unspecified atom stereocenters. The molecule has 0 aliphatic heterocycles. The van der Waals surface area contributed by atoms with E-state index >= 15 is 0 Å². The lowest BCUT2D eigenvalue weighted by Crippen LogP contribution is -2.26. The lowest BCUT2D eigenvalue weighted by Gasteiger charge is -2.00. The molecule has 0 saturated heterocycles. The van der Waals surface area contributed by atoms with Crippen molar-refractivity contribution in [3.05, 3.63) is 65.5 Å². The zero-order valence-corrected chi connectivity index (χ0v) is 9.46. The molecule has 0 atom stereocenters. The molecule has 3 nitrogen and oxygen atoms in total. The van der Waals surface area contributed by atoms with Crippen LogP contribution in [0, 0.1) is 0 Å². The van der Waals surface area contributed by atoms with Gasteiger partial charge in [-0.15, -0.1) is 0 Å². The van der Waals surface area contributed by atoms with Gasteiger partial charge in [0.25, 0.3) is 0 Å². The molecule has 0 spiro atoms. The fourth-order valence-electron chi connectivity index (χ4n) is 1.53. The Morgan fingerprint density at radius 3 is 2.06 bits per heavy atom. The monoisotopic (exact) mass is 226 g/mol. The maximum Gasteiger partial charge on any atom is 0.193 e. The van der Waals surface area contributed by atoms with Crippen molar-refractivity contribution in [2.75, 3.05) is 0 Å². The van der Waals surface area contributed by atoms with E-state index in [2.05, 4.69) is 0 Å². The summed E-state index contributed by atoms with van der Waals surface area (Å²) in [5, 5.41) is 0. The lowest BCUT2D eigenvalue weighted by molar-refractivity contribution is -0.671. The van der Waals surface area contributed by atoms with Gasteiger partial charge in [-0.25, -0.2) is 4.57 Å². The van der Waals surface area contributed by atoms with E-state index in [1.54, 1.807) is 36.4 Å². The number of aryl methyl sites for hydroxylation is 1. The van der Waals surface area contributed by atoms with Crippen LogP contribution in [0.2, 0.25) is 0 Å². The Kier molecular flexibility index (Phi) is 3.10. The predicted molar refractivity (Wildman–Crippen MR) is 62.9 cm³/mol. The second-order valence-electron chi connectivity index (χ2n) is 3.82. The molecule has 2 aromatic rings. The summed E-state index contributed by atoms with van der Waals surface area (Å²) >= 11 is 0. The van der Waals surface area contributed by atoms with Crippen LogP contribution in [-0.4, -0.2) is 12.1 Å². The van der Waals surface area contributed by atoms with E-state index in [1.807, 2.05) is 24.0 Å². The van der Waals surface area contributed by atoms with Gasteiger partial charge < -0.3 is 0 Å². The molecule has 1 heterocycles. The maximum absolute atomic E-state index is 12.1. The van der Waals surface area contributed by atoms with E-state index in [4.69, 9.17) is 0 Å². The minimum absolute atomic E-state index is 0.0388. The number of hydrogen-bond donors (Lipinski definition) is 0. The molecule has 1 aromatic carbocycles. The minimum Gasteiger partial charge on any atom is -0.298 e. The number of carbonyl (C=O) groups is 2. The van der Waals surface area contributed by atoms with E-state index in [9.17, 15) is 9.59 Å². The molecule has 0 radical (unpaired) electrons. The topological polar surface area (TPSA) is 38.0 Å². The molecular formula is C14H12NO2+. The summed E-state index contributed by atoms with van der Waals surface area (Å²) in [6.07, 6.45) is 4.41. The highest BCUT2D eigenvalue weighted by molar-refractivity contribution is 6.09. The molecule has 0 saturated carbocycles. The molecule has 0 aliphatic rings. The third-order valence-electron chi connectivity index (χ3n) is 2.55. The normalized spacial score (nSPS) is 9.94. The Morgan fingerprint density at radius 1 is 1.00 bits per heavy atom. The second kappa shape index (κ2) is 4.70. The Hall–Kier alpha value is -2.29. The van der Waals surface area contributed by atoms with Crippen molar-refractivity contribution >= 4 is 12.1 Å². The van der Waals surface area contributed by atoms with Crippen LogP contribution in [0.5, 0.6) is 0 Å².